The smallest absolute Gasteiger partial charge is 0.123 e. The molecule has 1 aromatic heterocycles. The Morgan fingerprint density at radius 1 is 1.27 bits per heavy atom. The van der Waals surface area contributed by atoms with E-state index >= 15 is 0 Å². The Kier molecular flexibility index (Phi) is 2.25. The van der Waals surface area contributed by atoms with E-state index in [0.717, 1.165) is 11.5 Å². The molecule has 0 saturated carbocycles. The van der Waals surface area contributed by atoms with Crippen molar-refractivity contribution < 1.29 is 4.74 Å². The van der Waals surface area contributed by atoms with Crippen LogP contribution in [0.25, 0.3) is 5.70 Å². The maximum atomic E-state index is 5.04. The molecule has 0 saturated heterocycles. The summed E-state index contributed by atoms with van der Waals surface area (Å²) in [4.78, 5) is 0. The third-order valence-electron chi connectivity index (χ3n) is 1.62. The molecule has 0 N–H and O–H groups in total. The number of methoxy groups -OCH3 is 1. The first-order valence-corrected chi connectivity index (χ1v) is 3.32. The number of nitrogens with zero attached hydrogens (tertiary/aromatic N) is 3. The molecule has 11 heavy (non-hydrogen) atoms. The van der Waals surface area contributed by atoms with Crippen molar-refractivity contribution in [3.63, 3.8) is 0 Å². The lowest BCUT2D eigenvalue weighted by Crippen LogP contribution is -1.94. The minimum absolute atomic E-state index is 0.866. The maximum absolute atomic E-state index is 5.04. The van der Waals surface area contributed by atoms with Gasteiger partial charge in [0.2, 0.25) is 0 Å². The number of allylic oxidation sites excluding steroid dienone is 2. The molecular formula is C7H11N3O. The van der Waals surface area contributed by atoms with Crippen LogP contribution in [-0.2, 0) is 4.74 Å². The second-order valence-corrected chi connectivity index (χ2v) is 2.21. The highest BCUT2D eigenvalue weighted by Crippen LogP contribution is 2.08. The van der Waals surface area contributed by atoms with Crippen molar-refractivity contribution in [2.75, 3.05) is 7.11 Å². The van der Waals surface area contributed by atoms with Gasteiger partial charge in [-0.2, -0.15) is 0 Å². The standard InChI is InChI=1S/C7H11N3O/c1-6(7(2)11-3)10-4-8-9-5-10/h4-5H,1-3H3/b7-6-. The highest BCUT2D eigenvalue weighted by atomic mass is 16.5. The van der Waals surface area contributed by atoms with Crippen molar-refractivity contribution in [1.82, 2.24) is 14.8 Å². The first-order valence-electron chi connectivity index (χ1n) is 3.32. The van der Waals surface area contributed by atoms with Gasteiger partial charge in [-0.25, -0.2) is 0 Å². The number of aromatic nitrogens is 3. The quantitative estimate of drug-likeness (QED) is 0.598. The Labute approximate surface area is 65.5 Å². The molecule has 0 fully saturated rings. The van der Waals surface area contributed by atoms with Crippen molar-refractivity contribution >= 4 is 5.70 Å². The van der Waals surface area contributed by atoms with Crippen molar-refractivity contribution in [1.29, 1.82) is 0 Å². The Bertz CT molecular complexity index is 251. The van der Waals surface area contributed by atoms with Crippen LogP contribution in [0.15, 0.2) is 18.4 Å². The molecule has 60 valence electrons. The van der Waals surface area contributed by atoms with E-state index < -0.39 is 0 Å². The topological polar surface area (TPSA) is 39.9 Å². The summed E-state index contributed by atoms with van der Waals surface area (Å²) in [6.45, 7) is 3.84. The zero-order chi connectivity index (χ0) is 8.27. The highest BCUT2D eigenvalue weighted by molar-refractivity contribution is 5.43. The molecule has 0 atom stereocenters. The molecule has 0 aromatic carbocycles. The predicted molar refractivity (Wildman–Crippen MR) is 41.6 cm³/mol. The van der Waals surface area contributed by atoms with Crippen LogP contribution < -0.4 is 0 Å². The molecule has 0 aliphatic carbocycles. The Hall–Kier alpha value is -1.32. The molecule has 4 nitrogen and oxygen atoms in total. The molecule has 0 amide bonds. The predicted octanol–water partition coefficient (Wildman–Crippen LogP) is 1.13. The van der Waals surface area contributed by atoms with Gasteiger partial charge in [0.1, 0.15) is 18.4 Å². The Morgan fingerprint density at radius 2 is 1.82 bits per heavy atom. The summed E-state index contributed by atoms with van der Waals surface area (Å²) in [5.74, 6) is 0.866. The average molecular weight is 153 g/mol. The summed E-state index contributed by atoms with van der Waals surface area (Å²) in [6, 6.07) is 0. The lowest BCUT2D eigenvalue weighted by Gasteiger charge is -2.05. The molecule has 0 aliphatic heterocycles. The zero-order valence-corrected chi connectivity index (χ0v) is 6.90. The van der Waals surface area contributed by atoms with Gasteiger partial charge in [-0.1, -0.05) is 0 Å². The van der Waals surface area contributed by atoms with Crippen LogP contribution in [0.5, 0.6) is 0 Å². The van der Waals surface area contributed by atoms with Gasteiger partial charge in [-0.05, 0) is 13.8 Å². The van der Waals surface area contributed by atoms with E-state index in [9.17, 15) is 0 Å². The zero-order valence-electron chi connectivity index (χ0n) is 6.90. The first kappa shape index (κ1) is 7.78. The monoisotopic (exact) mass is 153 g/mol. The van der Waals surface area contributed by atoms with Crippen LogP contribution in [0.1, 0.15) is 13.8 Å². The van der Waals surface area contributed by atoms with E-state index in [-0.39, 0.29) is 0 Å². The Balaban J connectivity index is 2.93. The lowest BCUT2D eigenvalue weighted by atomic mass is 10.4. The minimum atomic E-state index is 0.866. The van der Waals surface area contributed by atoms with Gasteiger partial charge in [0.15, 0.2) is 0 Å². The molecule has 4 heteroatoms. The van der Waals surface area contributed by atoms with Gasteiger partial charge in [0, 0.05) is 0 Å². The average Bonchev–Trinajstić information content (AvgIpc) is 2.53. The van der Waals surface area contributed by atoms with Crippen LogP contribution in [0.2, 0.25) is 0 Å². The van der Waals surface area contributed by atoms with E-state index in [1.807, 2.05) is 13.8 Å². The maximum Gasteiger partial charge on any atom is 0.123 e. The molecule has 0 radical (unpaired) electrons. The van der Waals surface area contributed by atoms with E-state index in [1.165, 1.54) is 0 Å². The van der Waals surface area contributed by atoms with Gasteiger partial charge in [0.25, 0.3) is 0 Å². The van der Waals surface area contributed by atoms with Crippen LogP contribution in [0.3, 0.4) is 0 Å². The van der Waals surface area contributed by atoms with E-state index in [2.05, 4.69) is 10.2 Å². The molecule has 0 bridgehead atoms. The SMILES string of the molecule is CO/C(C)=C(/C)n1cnnc1. The highest BCUT2D eigenvalue weighted by Gasteiger charge is 1.97. The lowest BCUT2D eigenvalue weighted by molar-refractivity contribution is 0.293. The van der Waals surface area contributed by atoms with Gasteiger partial charge < -0.3 is 4.74 Å². The Morgan fingerprint density at radius 3 is 2.27 bits per heavy atom. The normalized spacial score (nSPS) is 12.6. The largest absolute Gasteiger partial charge is 0.500 e. The first-order chi connectivity index (χ1) is 5.25. The van der Waals surface area contributed by atoms with Crippen LogP contribution in [-0.4, -0.2) is 21.9 Å². The fourth-order valence-corrected chi connectivity index (χ4v) is 0.703. The molecule has 0 spiro atoms. The number of hydrogen-bond acceptors (Lipinski definition) is 3. The van der Waals surface area contributed by atoms with Gasteiger partial charge in [-0.3, -0.25) is 4.57 Å². The van der Waals surface area contributed by atoms with Crippen molar-refractivity contribution in [2.24, 2.45) is 0 Å². The molecule has 1 rings (SSSR count). The fourth-order valence-electron chi connectivity index (χ4n) is 0.703. The number of ether oxygens (including phenoxy) is 1. The number of rotatable bonds is 2. The van der Waals surface area contributed by atoms with E-state index in [0.29, 0.717) is 0 Å². The van der Waals surface area contributed by atoms with Gasteiger partial charge in [-0.15, -0.1) is 10.2 Å². The summed E-state index contributed by atoms with van der Waals surface area (Å²) >= 11 is 0. The third-order valence-corrected chi connectivity index (χ3v) is 1.62. The van der Waals surface area contributed by atoms with Gasteiger partial charge >= 0.3 is 0 Å². The van der Waals surface area contributed by atoms with Crippen molar-refractivity contribution in [3.8, 4) is 0 Å². The van der Waals surface area contributed by atoms with Crippen LogP contribution in [0.4, 0.5) is 0 Å². The van der Waals surface area contributed by atoms with Crippen molar-refractivity contribution in [3.05, 3.63) is 18.4 Å². The molecule has 1 heterocycles. The molecular weight excluding hydrogens is 142 g/mol. The van der Waals surface area contributed by atoms with Crippen LogP contribution in [0, 0.1) is 0 Å². The third kappa shape index (κ3) is 1.58. The molecule has 0 aliphatic rings. The van der Waals surface area contributed by atoms with Crippen LogP contribution >= 0.6 is 0 Å². The fraction of sp³-hybridized carbons (Fsp3) is 0.429. The number of hydrogen-bond donors (Lipinski definition) is 0. The van der Waals surface area contributed by atoms with E-state index in [1.54, 1.807) is 24.3 Å². The minimum Gasteiger partial charge on any atom is -0.500 e. The molecule has 0 unspecified atom stereocenters. The van der Waals surface area contributed by atoms with Crippen molar-refractivity contribution in [2.45, 2.75) is 13.8 Å². The molecule has 1 aromatic rings. The van der Waals surface area contributed by atoms with Gasteiger partial charge in [0.05, 0.1) is 12.8 Å². The summed E-state index contributed by atoms with van der Waals surface area (Å²) in [5, 5.41) is 7.37. The van der Waals surface area contributed by atoms with E-state index in [4.69, 9.17) is 4.74 Å². The second kappa shape index (κ2) is 3.18. The summed E-state index contributed by atoms with van der Waals surface area (Å²) in [6.07, 6.45) is 3.27. The summed E-state index contributed by atoms with van der Waals surface area (Å²) in [7, 11) is 1.64. The summed E-state index contributed by atoms with van der Waals surface area (Å²) < 4.78 is 6.84. The summed E-state index contributed by atoms with van der Waals surface area (Å²) in [5.41, 5.74) is 0.998. The second-order valence-electron chi connectivity index (χ2n) is 2.21.